The van der Waals surface area contributed by atoms with E-state index in [0.29, 0.717) is 0 Å². The van der Waals surface area contributed by atoms with Crippen LogP contribution < -0.4 is 51.4 Å². The molecule has 1 unspecified atom stereocenters. The molecule has 6 heteroatoms. The molecule has 216 valence electrons. The van der Waals surface area contributed by atoms with Gasteiger partial charge in [0.05, 0.1) is 6.61 Å². The second-order valence-corrected chi connectivity index (χ2v) is 11.9. The summed E-state index contributed by atoms with van der Waals surface area (Å²) >= 11 is 0. The summed E-state index contributed by atoms with van der Waals surface area (Å²) in [6.07, 6.45) is 36.6. The predicted molar refractivity (Wildman–Crippen MR) is 155 cm³/mol. The van der Waals surface area contributed by atoms with Crippen molar-refractivity contribution in [1.82, 2.24) is 0 Å². The van der Waals surface area contributed by atoms with Gasteiger partial charge in [0.15, 0.2) is 0 Å². The third kappa shape index (κ3) is 35.2. The summed E-state index contributed by atoms with van der Waals surface area (Å²) in [5.74, 6) is 0.0184. The molecule has 0 N–H and O–H groups in total. The van der Waals surface area contributed by atoms with Crippen molar-refractivity contribution in [2.75, 3.05) is 6.61 Å². The van der Waals surface area contributed by atoms with Gasteiger partial charge in [-0.2, -0.15) is 0 Å². The fraction of sp³-hybridized carbons (Fsp3) is 0.935. The zero-order chi connectivity index (χ0) is 26.6. The zero-order valence-electron chi connectivity index (χ0n) is 25.2. The van der Waals surface area contributed by atoms with Gasteiger partial charge in [0.25, 0.3) is 0 Å². The Morgan fingerprint density at radius 3 is 1.32 bits per heavy atom. The standard InChI is InChI=1S/C31H62O4S.K/c1-3-5-7-9-11-13-14-15-16-17-18-19-21-23-25-27-29-31(30-35-36(32,33)34)28-26-24-22-20-12-10-8-6-4-2;/h26,28,31H,3-25,27,29-30H2,1-2H3,(H,32,33,34);/q;+1/p-1/b28-26+;. The summed E-state index contributed by atoms with van der Waals surface area (Å²) in [5, 5.41) is 0. The van der Waals surface area contributed by atoms with E-state index in [9.17, 15) is 13.0 Å². The van der Waals surface area contributed by atoms with E-state index in [0.717, 1.165) is 19.3 Å². The van der Waals surface area contributed by atoms with E-state index < -0.39 is 10.4 Å². The van der Waals surface area contributed by atoms with Crippen molar-refractivity contribution in [2.45, 2.75) is 174 Å². The molecule has 0 radical (unpaired) electrons. The molecule has 37 heavy (non-hydrogen) atoms. The van der Waals surface area contributed by atoms with Crippen molar-refractivity contribution in [3.8, 4) is 0 Å². The van der Waals surface area contributed by atoms with Crippen LogP contribution in [-0.2, 0) is 14.6 Å². The fourth-order valence-corrected chi connectivity index (χ4v) is 5.21. The molecule has 0 aromatic rings. The van der Waals surface area contributed by atoms with Gasteiger partial charge in [-0.25, -0.2) is 8.42 Å². The molecule has 0 bridgehead atoms. The zero-order valence-corrected chi connectivity index (χ0v) is 29.1. The van der Waals surface area contributed by atoms with Crippen LogP contribution in [0.3, 0.4) is 0 Å². The summed E-state index contributed by atoms with van der Waals surface area (Å²) in [6, 6.07) is 0. The van der Waals surface area contributed by atoms with Gasteiger partial charge >= 0.3 is 51.4 Å². The third-order valence-electron chi connectivity index (χ3n) is 7.24. The van der Waals surface area contributed by atoms with Gasteiger partial charge in [0.2, 0.25) is 10.4 Å². The second-order valence-electron chi connectivity index (χ2n) is 10.9. The molecule has 0 heterocycles. The predicted octanol–water partition coefficient (Wildman–Crippen LogP) is 7.43. The first-order valence-corrected chi connectivity index (χ1v) is 17.1. The van der Waals surface area contributed by atoms with Gasteiger partial charge in [-0.05, 0) is 19.3 Å². The SMILES string of the molecule is CCCCCCCCC/C=C/C(CCCCCCCCCCCCCCCCCC)COS(=O)(=O)[O-].[K+]. The summed E-state index contributed by atoms with van der Waals surface area (Å²) in [5.41, 5.74) is 0. The molecule has 0 rings (SSSR count). The molecule has 0 aromatic carbocycles. The molecular formula is C31H61KO4S. The molecule has 0 aromatic heterocycles. The van der Waals surface area contributed by atoms with E-state index in [1.807, 2.05) is 0 Å². The maximum absolute atomic E-state index is 10.9. The molecular weight excluding hydrogens is 508 g/mol. The van der Waals surface area contributed by atoms with Crippen LogP contribution in [0, 0.1) is 5.92 Å². The van der Waals surface area contributed by atoms with Crippen LogP contribution in [0.15, 0.2) is 12.2 Å². The smallest absolute Gasteiger partial charge is 0.726 e. The first kappa shape index (κ1) is 40.4. The minimum absolute atomic E-state index is 0. The van der Waals surface area contributed by atoms with Gasteiger partial charge in [-0.15, -0.1) is 0 Å². The molecule has 0 aliphatic carbocycles. The number of allylic oxidation sites excluding steroid dienone is 1. The maximum atomic E-state index is 10.9. The first-order valence-electron chi connectivity index (χ1n) is 15.8. The Morgan fingerprint density at radius 2 is 0.946 bits per heavy atom. The van der Waals surface area contributed by atoms with Crippen molar-refractivity contribution in [1.29, 1.82) is 0 Å². The van der Waals surface area contributed by atoms with Crippen LogP contribution in [0.5, 0.6) is 0 Å². The van der Waals surface area contributed by atoms with Gasteiger partial charge < -0.3 is 4.55 Å². The summed E-state index contributed by atoms with van der Waals surface area (Å²) in [4.78, 5) is 0. The van der Waals surface area contributed by atoms with E-state index in [2.05, 4.69) is 30.2 Å². The molecule has 0 aliphatic rings. The Hall–Kier alpha value is 1.25. The van der Waals surface area contributed by atoms with E-state index in [1.165, 1.54) is 141 Å². The number of unbranched alkanes of at least 4 members (excludes halogenated alkanes) is 22. The Bertz CT molecular complexity index is 566. The maximum Gasteiger partial charge on any atom is 1.00 e. The largest absolute Gasteiger partial charge is 1.00 e. The van der Waals surface area contributed by atoms with Crippen molar-refractivity contribution in [3.05, 3.63) is 12.2 Å². The molecule has 4 nitrogen and oxygen atoms in total. The van der Waals surface area contributed by atoms with E-state index in [-0.39, 0.29) is 63.9 Å². The Kier molecular flexibility index (Phi) is 34.7. The number of hydrogen-bond donors (Lipinski definition) is 0. The minimum atomic E-state index is -4.61. The Balaban J connectivity index is 0. The van der Waals surface area contributed by atoms with Crippen molar-refractivity contribution >= 4 is 10.4 Å². The molecule has 1 atom stereocenters. The Morgan fingerprint density at radius 1 is 0.595 bits per heavy atom. The average Bonchev–Trinajstić information content (AvgIpc) is 2.84. The van der Waals surface area contributed by atoms with Crippen LogP contribution in [0.4, 0.5) is 0 Å². The molecule has 0 saturated heterocycles. The minimum Gasteiger partial charge on any atom is -0.726 e. The van der Waals surface area contributed by atoms with Crippen LogP contribution >= 0.6 is 0 Å². The molecule has 0 saturated carbocycles. The summed E-state index contributed by atoms with van der Waals surface area (Å²) < 4.78 is 37.2. The van der Waals surface area contributed by atoms with E-state index in [1.54, 1.807) is 0 Å². The second kappa shape index (κ2) is 31.8. The quantitative estimate of drug-likeness (QED) is 0.0309. The monoisotopic (exact) mass is 568 g/mol. The van der Waals surface area contributed by atoms with Crippen molar-refractivity contribution in [3.63, 3.8) is 0 Å². The average molecular weight is 569 g/mol. The van der Waals surface area contributed by atoms with E-state index >= 15 is 0 Å². The molecule has 0 fully saturated rings. The third-order valence-corrected chi connectivity index (χ3v) is 7.66. The van der Waals surface area contributed by atoms with Crippen LogP contribution in [0.1, 0.15) is 174 Å². The van der Waals surface area contributed by atoms with Gasteiger partial charge in [0.1, 0.15) is 0 Å². The van der Waals surface area contributed by atoms with Crippen LogP contribution in [0.25, 0.3) is 0 Å². The normalized spacial score (nSPS) is 12.7. The molecule has 0 aliphatic heterocycles. The van der Waals surface area contributed by atoms with Gasteiger partial charge in [0, 0.05) is 5.92 Å². The first-order chi connectivity index (χ1) is 17.5. The fourth-order valence-electron chi connectivity index (χ4n) is 4.87. The van der Waals surface area contributed by atoms with Gasteiger partial charge in [-0.3, -0.25) is 4.18 Å². The molecule has 0 amide bonds. The Labute approximate surface area is 275 Å². The van der Waals surface area contributed by atoms with Crippen LogP contribution in [0.2, 0.25) is 0 Å². The summed E-state index contributed by atoms with van der Waals surface area (Å²) in [7, 11) is -4.61. The summed E-state index contributed by atoms with van der Waals surface area (Å²) in [6.45, 7) is 4.50. The topological polar surface area (TPSA) is 66.4 Å². The van der Waals surface area contributed by atoms with Crippen LogP contribution in [-0.4, -0.2) is 19.6 Å². The van der Waals surface area contributed by atoms with Crippen molar-refractivity contribution < 1.29 is 68.5 Å². The van der Waals surface area contributed by atoms with Crippen molar-refractivity contribution in [2.24, 2.45) is 5.92 Å². The molecule has 0 spiro atoms. The number of rotatable bonds is 29. The van der Waals surface area contributed by atoms with E-state index in [4.69, 9.17) is 0 Å². The van der Waals surface area contributed by atoms with Gasteiger partial charge in [-0.1, -0.05) is 167 Å². The number of hydrogen-bond acceptors (Lipinski definition) is 4.